The number of nitrogens with zero attached hydrogens (tertiary/aromatic N) is 2. The van der Waals surface area contributed by atoms with Gasteiger partial charge < -0.3 is 0 Å². The molecule has 0 fully saturated rings. The summed E-state index contributed by atoms with van der Waals surface area (Å²) >= 11 is 0. The fraction of sp³-hybridized carbons (Fsp3) is 0.769. The molecule has 0 N–H and O–H groups in total. The van der Waals surface area contributed by atoms with Gasteiger partial charge in [-0.15, -0.1) is 0 Å². The lowest BCUT2D eigenvalue weighted by Crippen LogP contribution is -2.57. The van der Waals surface area contributed by atoms with Crippen LogP contribution in [0.4, 0.5) is 0 Å². The van der Waals surface area contributed by atoms with Crippen LogP contribution in [0.3, 0.4) is 0 Å². The van der Waals surface area contributed by atoms with Crippen molar-refractivity contribution < 1.29 is 0 Å². The molecule has 1 atom stereocenters. The van der Waals surface area contributed by atoms with E-state index in [-0.39, 0.29) is 5.41 Å². The number of hydrogen-bond donors (Lipinski definition) is 0. The lowest BCUT2D eigenvalue weighted by Gasteiger charge is -2.49. The summed E-state index contributed by atoms with van der Waals surface area (Å²) in [6, 6.07) is 2.57. The second-order valence-electron chi connectivity index (χ2n) is 5.37. The van der Waals surface area contributed by atoms with Crippen LogP contribution in [-0.2, 0) is 0 Å². The Morgan fingerprint density at radius 2 is 2.13 bits per heavy atom. The van der Waals surface area contributed by atoms with Crippen LogP contribution < -0.4 is 0 Å². The van der Waals surface area contributed by atoms with Gasteiger partial charge in [-0.3, -0.25) is 4.90 Å². The standard InChI is InChI=1S/C13H22N2/c1-6-11-8-7-9-15(5)13(11,10-14)12(2,3)4/h8H,6-7,9H2,1-5H3. The van der Waals surface area contributed by atoms with Crippen LogP contribution in [0.5, 0.6) is 0 Å². The molecule has 1 aliphatic heterocycles. The first-order valence-electron chi connectivity index (χ1n) is 5.72. The Bertz CT molecular complexity index is 303. The molecule has 0 spiro atoms. The fourth-order valence-electron chi connectivity index (χ4n) is 2.77. The normalized spacial score (nSPS) is 28.4. The first-order valence-corrected chi connectivity index (χ1v) is 5.72. The topological polar surface area (TPSA) is 27.0 Å². The molecule has 0 aromatic carbocycles. The lowest BCUT2D eigenvalue weighted by atomic mass is 9.66. The van der Waals surface area contributed by atoms with Gasteiger partial charge in [0.15, 0.2) is 0 Å². The summed E-state index contributed by atoms with van der Waals surface area (Å²) in [5, 5.41) is 9.62. The minimum Gasteiger partial charge on any atom is -0.284 e. The van der Waals surface area contributed by atoms with E-state index in [2.05, 4.69) is 51.8 Å². The highest BCUT2D eigenvalue weighted by Crippen LogP contribution is 2.43. The lowest BCUT2D eigenvalue weighted by molar-refractivity contribution is 0.0829. The van der Waals surface area contributed by atoms with Gasteiger partial charge in [0.25, 0.3) is 0 Å². The molecule has 0 saturated heterocycles. The van der Waals surface area contributed by atoms with Gasteiger partial charge in [0.2, 0.25) is 0 Å². The molecule has 0 aliphatic carbocycles. The zero-order chi connectivity index (χ0) is 11.7. The zero-order valence-corrected chi connectivity index (χ0v) is 10.6. The van der Waals surface area contributed by atoms with Crippen LogP contribution in [0.15, 0.2) is 11.6 Å². The maximum absolute atomic E-state index is 9.62. The van der Waals surface area contributed by atoms with Crippen LogP contribution in [0, 0.1) is 16.7 Å². The quantitative estimate of drug-likeness (QED) is 0.617. The van der Waals surface area contributed by atoms with E-state index in [4.69, 9.17) is 0 Å². The van der Waals surface area contributed by atoms with E-state index in [0.717, 1.165) is 19.4 Å². The summed E-state index contributed by atoms with van der Waals surface area (Å²) in [4.78, 5) is 2.21. The molecular formula is C13H22N2. The highest BCUT2D eigenvalue weighted by molar-refractivity contribution is 5.36. The Hall–Kier alpha value is -0.810. The SMILES string of the molecule is CCC1=CCCN(C)C1(C#N)C(C)(C)C. The monoisotopic (exact) mass is 206 g/mol. The minimum absolute atomic E-state index is 0.0429. The Morgan fingerprint density at radius 1 is 1.53 bits per heavy atom. The minimum atomic E-state index is -0.417. The van der Waals surface area contributed by atoms with Crippen LogP contribution in [0.2, 0.25) is 0 Å². The molecule has 0 amide bonds. The molecule has 0 radical (unpaired) electrons. The maximum Gasteiger partial charge on any atom is 0.135 e. The Morgan fingerprint density at radius 3 is 2.47 bits per heavy atom. The summed E-state index contributed by atoms with van der Waals surface area (Å²) in [7, 11) is 2.07. The van der Waals surface area contributed by atoms with E-state index in [9.17, 15) is 5.26 Å². The molecule has 0 bridgehead atoms. The third-order valence-electron chi connectivity index (χ3n) is 3.52. The fourth-order valence-corrected chi connectivity index (χ4v) is 2.77. The summed E-state index contributed by atoms with van der Waals surface area (Å²) in [5.41, 5.74) is 0.824. The van der Waals surface area contributed by atoms with Crippen LogP contribution in [0.1, 0.15) is 40.5 Å². The molecule has 1 aliphatic rings. The molecule has 0 aromatic rings. The van der Waals surface area contributed by atoms with Gasteiger partial charge in [0.1, 0.15) is 5.54 Å². The van der Waals surface area contributed by atoms with Crippen LogP contribution >= 0.6 is 0 Å². The first kappa shape index (κ1) is 12.3. The summed E-state index contributed by atoms with van der Waals surface area (Å²) in [5.74, 6) is 0. The molecule has 1 heterocycles. The first-order chi connectivity index (χ1) is 6.90. The Balaban J connectivity index is 3.31. The number of rotatable bonds is 1. The van der Waals surface area contributed by atoms with Crippen molar-refractivity contribution in [2.75, 3.05) is 13.6 Å². The average molecular weight is 206 g/mol. The van der Waals surface area contributed by atoms with Gasteiger partial charge >= 0.3 is 0 Å². The van der Waals surface area contributed by atoms with Crippen LogP contribution in [-0.4, -0.2) is 24.0 Å². The maximum atomic E-state index is 9.62. The number of nitriles is 1. The van der Waals surface area contributed by atoms with Gasteiger partial charge in [-0.1, -0.05) is 33.8 Å². The highest BCUT2D eigenvalue weighted by Gasteiger charge is 2.49. The summed E-state index contributed by atoms with van der Waals surface area (Å²) < 4.78 is 0. The van der Waals surface area contributed by atoms with E-state index in [1.807, 2.05) is 0 Å². The van der Waals surface area contributed by atoms with E-state index in [1.54, 1.807) is 0 Å². The molecule has 0 aromatic heterocycles. The second kappa shape index (κ2) is 3.98. The van der Waals surface area contributed by atoms with Crippen molar-refractivity contribution in [3.05, 3.63) is 11.6 Å². The van der Waals surface area contributed by atoms with E-state index in [1.165, 1.54) is 5.57 Å². The van der Waals surface area contributed by atoms with Crippen molar-refractivity contribution in [1.82, 2.24) is 4.90 Å². The number of likely N-dealkylation sites (N-methyl/N-ethyl adjacent to an activating group) is 1. The molecule has 0 saturated carbocycles. The number of hydrogen-bond acceptors (Lipinski definition) is 2. The largest absolute Gasteiger partial charge is 0.284 e. The second-order valence-corrected chi connectivity index (χ2v) is 5.37. The van der Waals surface area contributed by atoms with Gasteiger partial charge in [0.05, 0.1) is 6.07 Å². The predicted molar refractivity (Wildman–Crippen MR) is 63.4 cm³/mol. The molecule has 1 rings (SSSR count). The van der Waals surface area contributed by atoms with Gasteiger partial charge in [-0.25, -0.2) is 0 Å². The van der Waals surface area contributed by atoms with Gasteiger partial charge in [-0.05, 0) is 30.9 Å². The van der Waals surface area contributed by atoms with Crippen molar-refractivity contribution >= 4 is 0 Å². The molecule has 84 valence electrons. The third kappa shape index (κ3) is 1.70. The van der Waals surface area contributed by atoms with Gasteiger partial charge in [-0.2, -0.15) is 5.26 Å². The molecule has 2 nitrogen and oxygen atoms in total. The third-order valence-corrected chi connectivity index (χ3v) is 3.52. The van der Waals surface area contributed by atoms with Crippen LogP contribution in [0.25, 0.3) is 0 Å². The van der Waals surface area contributed by atoms with Crippen molar-refractivity contribution in [2.45, 2.75) is 46.1 Å². The van der Waals surface area contributed by atoms with E-state index >= 15 is 0 Å². The Labute approximate surface area is 93.6 Å². The molecule has 2 heteroatoms. The zero-order valence-electron chi connectivity index (χ0n) is 10.6. The predicted octanol–water partition coefficient (Wildman–Crippen LogP) is 2.97. The van der Waals surface area contributed by atoms with Crippen molar-refractivity contribution in [2.24, 2.45) is 5.41 Å². The van der Waals surface area contributed by atoms with Crippen molar-refractivity contribution in [1.29, 1.82) is 5.26 Å². The van der Waals surface area contributed by atoms with E-state index < -0.39 is 5.54 Å². The van der Waals surface area contributed by atoms with Gasteiger partial charge in [0, 0.05) is 6.54 Å². The molecular weight excluding hydrogens is 184 g/mol. The highest BCUT2D eigenvalue weighted by atomic mass is 15.2. The van der Waals surface area contributed by atoms with E-state index in [0.29, 0.717) is 0 Å². The summed E-state index contributed by atoms with van der Waals surface area (Å²) in [6.07, 6.45) is 4.29. The smallest absolute Gasteiger partial charge is 0.135 e. The summed E-state index contributed by atoms with van der Waals surface area (Å²) in [6.45, 7) is 9.59. The Kier molecular flexibility index (Phi) is 3.25. The average Bonchev–Trinajstić information content (AvgIpc) is 2.15. The molecule has 15 heavy (non-hydrogen) atoms. The van der Waals surface area contributed by atoms with Crippen molar-refractivity contribution in [3.63, 3.8) is 0 Å². The van der Waals surface area contributed by atoms with Crippen molar-refractivity contribution in [3.8, 4) is 6.07 Å². The molecule has 1 unspecified atom stereocenters.